The molecule has 0 aliphatic rings. The van der Waals surface area contributed by atoms with Crippen molar-refractivity contribution in [3.63, 3.8) is 0 Å². The maximum absolute atomic E-state index is 5.80. The number of ether oxygens (including phenoxy) is 1. The molecule has 0 amide bonds. The van der Waals surface area contributed by atoms with Crippen LogP contribution in [-0.2, 0) is 0 Å². The molecular weight excluding hydrogens is 250 g/mol. The molecule has 0 radical (unpaired) electrons. The highest BCUT2D eigenvalue weighted by Crippen LogP contribution is 2.33. The topological polar surface area (TPSA) is 61.0 Å². The lowest BCUT2D eigenvalue weighted by Gasteiger charge is -2.11. The van der Waals surface area contributed by atoms with Gasteiger partial charge in [0.1, 0.15) is 5.75 Å². The fourth-order valence-electron chi connectivity index (χ4n) is 1.93. The molecule has 20 heavy (non-hydrogen) atoms. The van der Waals surface area contributed by atoms with E-state index in [2.05, 4.69) is 9.97 Å². The number of benzene rings is 2. The fraction of sp³-hybridized carbons (Fsp3) is 0. The van der Waals surface area contributed by atoms with Gasteiger partial charge in [0.25, 0.3) is 5.88 Å². The zero-order chi connectivity index (χ0) is 13.8. The standard InChI is InChI=1S/C16H13N3O/c17-15-16(19-11-10-18-15)20-14-9-5-4-8-13(14)12-6-2-1-3-7-12/h1-11H,(H2,17,18). The van der Waals surface area contributed by atoms with Crippen LogP contribution >= 0.6 is 0 Å². The molecule has 0 unspecified atom stereocenters. The summed E-state index contributed by atoms with van der Waals surface area (Å²) in [6, 6.07) is 17.8. The highest BCUT2D eigenvalue weighted by atomic mass is 16.5. The van der Waals surface area contributed by atoms with Gasteiger partial charge in [-0.15, -0.1) is 0 Å². The summed E-state index contributed by atoms with van der Waals surface area (Å²) in [5.41, 5.74) is 7.82. The normalized spacial score (nSPS) is 10.2. The second-order valence-electron chi connectivity index (χ2n) is 4.21. The van der Waals surface area contributed by atoms with E-state index in [1.54, 1.807) is 6.20 Å². The van der Waals surface area contributed by atoms with Crippen LogP contribution in [0.2, 0.25) is 0 Å². The van der Waals surface area contributed by atoms with Crippen LogP contribution in [0.5, 0.6) is 11.6 Å². The van der Waals surface area contributed by atoms with Gasteiger partial charge in [-0.1, -0.05) is 48.5 Å². The van der Waals surface area contributed by atoms with Crippen molar-refractivity contribution in [1.29, 1.82) is 0 Å². The lowest BCUT2D eigenvalue weighted by Crippen LogP contribution is -1.97. The van der Waals surface area contributed by atoms with E-state index in [0.29, 0.717) is 11.6 Å². The van der Waals surface area contributed by atoms with Crippen molar-refractivity contribution in [3.05, 3.63) is 67.0 Å². The van der Waals surface area contributed by atoms with Gasteiger partial charge in [-0.3, -0.25) is 0 Å². The smallest absolute Gasteiger partial charge is 0.262 e. The maximum atomic E-state index is 5.80. The number of anilines is 1. The summed E-state index contributed by atoms with van der Waals surface area (Å²) in [6.07, 6.45) is 3.09. The van der Waals surface area contributed by atoms with Crippen molar-refractivity contribution in [2.24, 2.45) is 0 Å². The molecule has 4 nitrogen and oxygen atoms in total. The van der Waals surface area contributed by atoms with E-state index >= 15 is 0 Å². The van der Waals surface area contributed by atoms with Crippen LogP contribution < -0.4 is 10.5 Å². The van der Waals surface area contributed by atoms with Crippen LogP contribution in [0.3, 0.4) is 0 Å². The number of nitrogens with zero attached hydrogens (tertiary/aromatic N) is 2. The summed E-state index contributed by atoms with van der Waals surface area (Å²) < 4.78 is 5.80. The Labute approximate surface area is 116 Å². The Kier molecular flexibility index (Phi) is 3.29. The van der Waals surface area contributed by atoms with Gasteiger partial charge in [0, 0.05) is 18.0 Å². The van der Waals surface area contributed by atoms with Gasteiger partial charge in [-0.2, -0.15) is 0 Å². The molecule has 1 heterocycles. The number of para-hydroxylation sites is 1. The van der Waals surface area contributed by atoms with E-state index in [1.165, 1.54) is 6.20 Å². The third-order valence-corrected chi connectivity index (χ3v) is 2.87. The minimum Gasteiger partial charge on any atom is -0.435 e. The first-order valence-corrected chi connectivity index (χ1v) is 6.23. The molecule has 0 fully saturated rings. The van der Waals surface area contributed by atoms with Gasteiger partial charge in [-0.05, 0) is 11.6 Å². The second kappa shape index (κ2) is 5.40. The number of nitrogen functional groups attached to an aromatic ring is 1. The van der Waals surface area contributed by atoms with Gasteiger partial charge < -0.3 is 10.5 Å². The SMILES string of the molecule is Nc1nccnc1Oc1ccccc1-c1ccccc1. The van der Waals surface area contributed by atoms with Crippen LogP contribution in [0.4, 0.5) is 5.82 Å². The zero-order valence-electron chi connectivity index (χ0n) is 10.7. The van der Waals surface area contributed by atoms with Crippen molar-refractivity contribution < 1.29 is 4.74 Å². The summed E-state index contributed by atoms with van der Waals surface area (Å²) >= 11 is 0. The van der Waals surface area contributed by atoms with Gasteiger partial charge >= 0.3 is 0 Å². The van der Waals surface area contributed by atoms with Crippen molar-refractivity contribution in [1.82, 2.24) is 9.97 Å². The third kappa shape index (κ3) is 2.44. The molecule has 0 bridgehead atoms. The molecule has 3 aromatic rings. The molecule has 0 saturated carbocycles. The Balaban J connectivity index is 2.01. The minimum atomic E-state index is 0.273. The summed E-state index contributed by atoms with van der Waals surface area (Å²) in [5.74, 6) is 1.29. The predicted molar refractivity (Wildman–Crippen MR) is 78.4 cm³/mol. The Morgan fingerprint density at radius 3 is 2.30 bits per heavy atom. The number of aromatic nitrogens is 2. The maximum Gasteiger partial charge on any atom is 0.262 e. The Morgan fingerprint density at radius 2 is 1.50 bits per heavy atom. The Morgan fingerprint density at radius 1 is 0.800 bits per heavy atom. The van der Waals surface area contributed by atoms with Crippen LogP contribution in [0.1, 0.15) is 0 Å². The van der Waals surface area contributed by atoms with E-state index in [9.17, 15) is 0 Å². The fourth-order valence-corrected chi connectivity index (χ4v) is 1.93. The Hall–Kier alpha value is -2.88. The number of hydrogen-bond acceptors (Lipinski definition) is 4. The quantitative estimate of drug-likeness (QED) is 0.785. The van der Waals surface area contributed by atoms with Crippen molar-refractivity contribution in [2.45, 2.75) is 0 Å². The highest BCUT2D eigenvalue weighted by molar-refractivity contribution is 5.70. The lowest BCUT2D eigenvalue weighted by molar-refractivity contribution is 0.465. The first-order valence-electron chi connectivity index (χ1n) is 6.23. The number of rotatable bonds is 3. The van der Waals surface area contributed by atoms with Crippen molar-refractivity contribution >= 4 is 5.82 Å². The monoisotopic (exact) mass is 263 g/mol. The molecule has 0 atom stereocenters. The highest BCUT2D eigenvalue weighted by Gasteiger charge is 2.09. The molecule has 3 rings (SSSR count). The summed E-state index contributed by atoms with van der Waals surface area (Å²) in [4.78, 5) is 8.07. The van der Waals surface area contributed by atoms with E-state index in [4.69, 9.17) is 10.5 Å². The summed E-state index contributed by atoms with van der Waals surface area (Å²) in [7, 11) is 0. The van der Waals surface area contributed by atoms with Crippen molar-refractivity contribution in [2.75, 3.05) is 5.73 Å². The molecule has 1 aromatic heterocycles. The van der Waals surface area contributed by atoms with Gasteiger partial charge in [0.15, 0.2) is 5.82 Å². The Bertz CT molecular complexity index is 714. The molecule has 0 aliphatic heterocycles. The van der Waals surface area contributed by atoms with Crippen LogP contribution in [0.15, 0.2) is 67.0 Å². The number of hydrogen-bond donors (Lipinski definition) is 1. The lowest BCUT2D eigenvalue weighted by atomic mass is 10.1. The molecule has 0 saturated heterocycles. The minimum absolute atomic E-state index is 0.273. The van der Waals surface area contributed by atoms with Gasteiger partial charge in [0.05, 0.1) is 0 Å². The summed E-state index contributed by atoms with van der Waals surface area (Å²) in [5, 5.41) is 0. The van der Waals surface area contributed by atoms with Crippen molar-refractivity contribution in [3.8, 4) is 22.8 Å². The summed E-state index contributed by atoms with van der Waals surface area (Å²) in [6.45, 7) is 0. The molecular formula is C16H13N3O. The molecule has 98 valence electrons. The van der Waals surface area contributed by atoms with Crippen LogP contribution in [-0.4, -0.2) is 9.97 Å². The molecule has 0 aliphatic carbocycles. The van der Waals surface area contributed by atoms with Gasteiger partial charge in [-0.25, -0.2) is 9.97 Å². The zero-order valence-corrected chi connectivity index (χ0v) is 10.7. The first-order chi connectivity index (χ1) is 9.84. The first kappa shape index (κ1) is 12.2. The molecule has 4 heteroatoms. The average Bonchev–Trinajstić information content (AvgIpc) is 2.51. The van der Waals surface area contributed by atoms with Crippen LogP contribution in [0.25, 0.3) is 11.1 Å². The second-order valence-corrected chi connectivity index (χ2v) is 4.21. The van der Waals surface area contributed by atoms with E-state index < -0.39 is 0 Å². The van der Waals surface area contributed by atoms with E-state index in [0.717, 1.165) is 11.1 Å². The van der Waals surface area contributed by atoms with E-state index in [-0.39, 0.29) is 5.82 Å². The molecule has 2 N–H and O–H groups in total. The van der Waals surface area contributed by atoms with Gasteiger partial charge in [0.2, 0.25) is 0 Å². The largest absolute Gasteiger partial charge is 0.435 e. The van der Waals surface area contributed by atoms with Crippen LogP contribution in [0, 0.1) is 0 Å². The number of nitrogens with two attached hydrogens (primary N) is 1. The molecule has 2 aromatic carbocycles. The third-order valence-electron chi connectivity index (χ3n) is 2.87. The van der Waals surface area contributed by atoms with E-state index in [1.807, 2.05) is 54.6 Å². The predicted octanol–water partition coefficient (Wildman–Crippen LogP) is 3.52. The average molecular weight is 263 g/mol. The molecule has 0 spiro atoms.